The van der Waals surface area contributed by atoms with Crippen LogP contribution in [0.4, 0.5) is 5.82 Å². The van der Waals surface area contributed by atoms with Gasteiger partial charge in [0.15, 0.2) is 10.6 Å². The Morgan fingerprint density at radius 2 is 2.00 bits per heavy atom. The minimum absolute atomic E-state index is 0.287. The molecule has 1 aliphatic carbocycles. The van der Waals surface area contributed by atoms with Gasteiger partial charge in [-0.2, -0.15) is 4.98 Å². The molecule has 0 bridgehead atoms. The number of hydrogen-bond acceptors (Lipinski definition) is 7. The Morgan fingerprint density at radius 1 is 1.21 bits per heavy atom. The number of hydrogen-bond donors (Lipinski definition) is 1. The third-order valence-electron chi connectivity index (χ3n) is 4.98. The van der Waals surface area contributed by atoms with Gasteiger partial charge < -0.3 is 10.1 Å². The average molecular weight is 368 g/mol. The highest BCUT2D eigenvalue weighted by molar-refractivity contribution is 7.16. The average Bonchev–Trinajstić information content (AvgIpc) is 3.06. The molecule has 4 rings (SSSR count). The van der Waals surface area contributed by atoms with Crippen molar-refractivity contribution in [1.29, 1.82) is 0 Å². The van der Waals surface area contributed by atoms with Crippen LogP contribution in [0, 0.1) is 5.92 Å². The molecule has 2 aliphatic rings. The third kappa shape index (κ3) is 3.79. The highest BCUT2D eigenvalue weighted by atomic mass is 35.5. The molecule has 0 spiro atoms. The molecule has 0 atom stereocenters. The first-order valence-corrected chi connectivity index (χ1v) is 9.87. The van der Waals surface area contributed by atoms with Gasteiger partial charge in [-0.15, -0.1) is 11.3 Å². The van der Waals surface area contributed by atoms with E-state index in [1.54, 1.807) is 5.51 Å². The number of nitrogens with zero attached hydrogens (tertiary/aromatic N) is 4. The molecular weight excluding hydrogens is 346 g/mol. The molecular formula is C16H22ClN5OS. The largest absolute Gasteiger partial charge is 0.379 e. The zero-order valence-electron chi connectivity index (χ0n) is 13.6. The summed E-state index contributed by atoms with van der Waals surface area (Å²) in [5.41, 5.74) is 2.62. The lowest BCUT2D eigenvalue weighted by Gasteiger charge is -2.34. The monoisotopic (exact) mass is 367 g/mol. The fraction of sp³-hybridized carbons (Fsp3) is 0.688. The molecule has 2 aromatic rings. The topological polar surface area (TPSA) is 63.2 Å². The molecule has 1 saturated heterocycles. The summed E-state index contributed by atoms with van der Waals surface area (Å²) in [6, 6.07) is 0.446. The molecule has 0 amide bonds. The smallest absolute Gasteiger partial charge is 0.225 e. The fourth-order valence-corrected chi connectivity index (χ4v) is 4.55. The molecule has 1 aliphatic heterocycles. The van der Waals surface area contributed by atoms with Crippen LogP contribution in [-0.4, -0.2) is 58.7 Å². The lowest BCUT2D eigenvalue weighted by molar-refractivity contribution is 0.0276. The molecule has 24 heavy (non-hydrogen) atoms. The Bertz CT molecular complexity index is 682. The summed E-state index contributed by atoms with van der Waals surface area (Å²) in [6.45, 7) is 5.15. The van der Waals surface area contributed by atoms with E-state index in [1.807, 2.05) is 0 Å². The number of ether oxygens (including phenoxy) is 1. The van der Waals surface area contributed by atoms with Gasteiger partial charge in [-0.3, -0.25) is 4.90 Å². The van der Waals surface area contributed by atoms with Crippen LogP contribution in [0.2, 0.25) is 5.28 Å². The summed E-state index contributed by atoms with van der Waals surface area (Å²) < 4.78 is 5.43. The van der Waals surface area contributed by atoms with Gasteiger partial charge in [0.25, 0.3) is 0 Å². The van der Waals surface area contributed by atoms with Crippen LogP contribution in [-0.2, 0) is 4.74 Å². The quantitative estimate of drug-likeness (QED) is 0.838. The number of halogens is 1. The van der Waals surface area contributed by atoms with E-state index in [4.69, 9.17) is 16.3 Å². The van der Waals surface area contributed by atoms with E-state index in [2.05, 4.69) is 25.2 Å². The van der Waals surface area contributed by atoms with Gasteiger partial charge in [-0.05, 0) is 43.2 Å². The molecule has 1 N–H and O–H groups in total. The maximum Gasteiger partial charge on any atom is 0.225 e. The van der Waals surface area contributed by atoms with Gasteiger partial charge in [0.05, 0.1) is 18.7 Å². The van der Waals surface area contributed by atoms with Gasteiger partial charge in [0.1, 0.15) is 5.52 Å². The lowest BCUT2D eigenvalue weighted by atomic mass is 9.85. The maximum atomic E-state index is 6.03. The van der Waals surface area contributed by atoms with Crippen molar-refractivity contribution in [2.24, 2.45) is 5.92 Å². The predicted octanol–water partition coefficient (Wildman–Crippen LogP) is 3.04. The Hall–Kier alpha value is -1.02. The fourth-order valence-electron chi connectivity index (χ4n) is 3.67. The standard InChI is InChI=1S/C16H22ClN5OS/c17-16-20-14(13-15(21-16)24-10-18-13)19-12-3-1-11(2-4-12)9-22-5-7-23-8-6-22/h10-12H,1-9H2,(H,19,20,21). The normalized spacial score (nSPS) is 25.9. The number of fused-ring (bicyclic) bond motifs is 1. The van der Waals surface area contributed by atoms with Gasteiger partial charge >= 0.3 is 0 Å². The summed E-state index contributed by atoms with van der Waals surface area (Å²) in [6.07, 6.45) is 4.85. The van der Waals surface area contributed by atoms with E-state index in [1.165, 1.54) is 43.6 Å². The van der Waals surface area contributed by atoms with E-state index in [9.17, 15) is 0 Å². The van der Waals surface area contributed by atoms with Crippen LogP contribution in [0.3, 0.4) is 0 Å². The number of thiazole rings is 1. The van der Waals surface area contributed by atoms with Crippen molar-refractivity contribution in [3.05, 3.63) is 10.8 Å². The van der Waals surface area contributed by atoms with Gasteiger partial charge in [0, 0.05) is 25.7 Å². The highest BCUT2D eigenvalue weighted by Crippen LogP contribution is 2.30. The zero-order valence-corrected chi connectivity index (χ0v) is 15.2. The Labute approximate surface area is 150 Å². The summed E-state index contributed by atoms with van der Waals surface area (Å²) >= 11 is 7.53. The number of morpholine rings is 1. The van der Waals surface area contributed by atoms with Crippen molar-refractivity contribution < 1.29 is 4.74 Å². The van der Waals surface area contributed by atoms with Gasteiger partial charge in [-0.1, -0.05) is 0 Å². The van der Waals surface area contributed by atoms with E-state index < -0.39 is 0 Å². The second kappa shape index (κ2) is 7.47. The van der Waals surface area contributed by atoms with E-state index in [0.29, 0.717) is 6.04 Å². The lowest BCUT2D eigenvalue weighted by Crippen LogP contribution is -2.40. The second-order valence-electron chi connectivity index (χ2n) is 6.62. The molecule has 0 aromatic carbocycles. The SMILES string of the molecule is Clc1nc(NC2CCC(CN3CCOCC3)CC2)c2ncsc2n1. The van der Waals surface area contributed by atoms with E-state index in [0.717, 1.165) is 48.4 Å². The second-order valence-corrected chi connectivity index (χ2v) is 7.79. The van der Waals surface area contributed by atoms with Crippen LogP contribution in [0.1, 0.15) is 25.7 Å². The van der Waals surface area contributed by atoms with Crippen LogP contribution < -0.4 is 5.32 Å². The van der Waals surface area contributed by atoms with Crippen LogP contribution in [0.25, 0.3) is 10.3 Å². The highest BCUT2D eigenvalue weighted by Gasteiger charge is 2.24. The zero-order chi connectivity index (χ0) is 16.4. The van der Waals surface area contributed by atoms with Crippen molar-refractivity contribution in [3.8, 4) is 0 Å². The molecule has 2 aromatic heterocycles. The van der Waals surface area contributed by atoms with E-state index >= 15 is 0 Å². The van der Waals surface area contributed by atoms with E-state index in [-0.39, 0.29) is 5.28 Å². The molecule has 0 unspecified atom stereocenters. The predicted molar refractivity (Wildman–Crippen MR) is 96.8 cm³/mol. The summed E-state index contributed by atoms with van der Waals surface area (Å²) in [4.78, 5) is 16.3. The molecule has 2 fully saturated rings. The number of rotatable bonds is 4. The number of aromatic nitrogens is 3. The van der Waals surface area contributed by atoms with Gasteiger partial charge in [-0.25, -0.2) is 9.97 Å². The van der Waals surface area contributed by atoms with Crippen molar-refractivity contribution in [2.75, 3.05) is 38.2 Å². The summed E-state index contributed by atoms with van der Waals surface area (Å²) in [7, 11) is 0. The Balaban J connectivity index is 1.33. The van der Waals surface area contributed by atoms with Crippen LogP contribution in [0.5, 0.6) is 0 Å². The summed E-state index contributed by atoms with van der Waals surface area (Å²) in [5.74, 6) is 1.58. The van der Waals surface area contributed by atoms with Crippen LogP contribution in [0.15, 0.2) is 5.51 Å². The van der Waals surface area contributed by atoms with Crippen molar-refractivity contribution in [2.45, 2.75) is 31.7 Å². The minimum Gasteiger partial charge on any atom is -0.379 e. The van der Waals surface area contributed by atoms with Crippen molar-refractivity contribution in [3.63, 3.8) is 0 Å². The number of nitrogens with one attached hydrogen (secondary N) is 1. The maximum absolute atomic E-state index is 6.03. The first kappa shape index (κ1) is 16.4. The third-order valence-corrected chi connectivity index (χ3v) is 5.87. The van der Waals surface area contributed by atoms with Gasteiger partial charge in [0.2, 0.25) is 5.28 Å². The van der Waals surface area contributed by atoms with Crippen molar-refractivity contribution in [1.82, 2.24) is 19.9 Å². The Kier molecular flexibility index (Phi) is 5.12. The number of anilines is 1. The molecule has 1 saturated carbocycles. The minimum atomic E-state index is 0.287. The Morgan fingerprint density at radius 3 is 2.79 bits per heavy atom. The van der Waals surface area contributed by atoms with Crippen molar-refractivity contribution >= 4 is 39.1 Å². The molecule has 0 radical (unpaired) electrons. The molecule has 3 heterocycles. The molecule has 8 heteroatoms. The summed E-state index contributed by atoms with van der Waals surface area (Å²) in [5, 5.41) is 3.84. The van der Waals surface area contributed by atoms with Crippen LogP contribution >= 0.6 is 22.9 Å². The molecule has 130 valence electrons. The first-order valence-electron chi connectivity index (χ1n) is 8.61. The first-order chi connectivity index (χ1) is 11.8. The molecule has 6 nitrogen and oxygen atoms in total.